The van der Waals surface area contributed by atoms with E-state index in [1.54, 1.807) is 0 Å². The molecule has 1 aliphatic carbocycles. The van der Waals surface area contributed by atoms with Gasteiger partial charge >= 0.3 is 0 Å². The van der Waals surface area contributed by atoms with E-state index in [0.29, 0.717) is 0 Å². The maximum Gasteiger partial charge on any atom is 0.00765 e. The number of hydrogen-bond acceptors (Lipinski definition) is 1. The smallest absolute Gasteiger partial charge is 0.00765 e. The van der Waals surface area contributed by atoms with Crippen LogP contribution in [0, 0.1) is 5.92 Å². The summed E-state index contributed by atoms with van der Waals surface area (Å²) in [5.74, 6) is 0.823. The molecule has 1 saturated heterocycles. The molecule has 1 aliphatic heterocycles. The van der Waals surface area contributed by atoms with Crippen LogP contribution in [-0.2, 0) is 6.42 Å². The van der Waals surface area contributed by atoms with Gasteiger partial charge in [-0.1, -0.05) is 49.4 Å². The predicted molar refractivity (Wildman–Crippen MR) is 76.2 cm³/mol. The molecule has 0 spiro atoms. The first-order valence-electron chi connectivity index (χ1n) is 6.74. The van der Waals surface area contributed by atoms with E-state index in [2.05, 4.69) is 43.1 Å². The van der Waals surface area contributed by atoms with Crippen molar-refractivity contribution in [3.8, 4) is 0 Å². The van der Waals surface area contributed by atoms with Gasteiger partial charge in [-0.25, -0.2) is 0 Å². The molecule has 0 radical (unpaired) electrons. The van der Waals surface area contributed by atoms with Crippen LogP contribution in [-0.4, -0.2) is 12.6 Å². The van der Waals surface area contributed by atoms with Crippen LogP contribution < -0.4 is 5.32 Å². The van der Waals surface area contributed by atoms with Crippen molar-refractivity contribution in [3.05, 3.63) is 48.0 Å². The molecule has 1 aromatic carbocycles. The minimum absolute atomic E-state index is 0. The lowest BCUT2D eigenvalue weighted by Gasteiger charge is -2.19. The number of rotatable bonds is 1. The zero-order chi connectivity index (χ0) is 12.1. The molecule has 0 aromatic heterocycles. The molecule has 0 amide bonds. The molecule has 1 saturated carbocycles. The molecule has 2 atom stereocenters. The Labute approximate surface area is 106 Å². The van der Waals surface area contributed by atoms with Crippen LogP contribution in [0.2, 0.25) is 0 Å². The zero-order valence-electron chi connectivity index (χ0n) is 10.8. The third-order valence-corrected chi connectivity index (χ3v) is 3.86. The van der Waals surface area contributed by atoms with Crippen LogP contribution in [0.4, 0.5) is 0 Å². The van der Waals surface area contributed by atoms with Crippen LogP contribution in [0.25, 0.3) is 0 Å². The van der Waals surface area contributed by atoms with E-state index in [1.165, 1.54) is 36.9 Å². The Hall–Kier alpha value is -1.08. The van der Waals surface area contributed by atoms with Gasteiger partial charge in [-0.2, -0.15) is 0 Å². The van der Waals surface area contributed by atoms with E-state index < -0.39 is 0 Å². The van der Waals surface area contributed by atoms with E-state index in [9.17, 15) is 0 Å². The van der Waals surface area contributed by atoms with E-state index in [0.717, 1.165) is 18.4 Å². The molecule has 1 heterocycles. The fraction of sp³-hybridized carbons (Fsp3) is 0.500. The summed E-state index contributed by atoms with van der Waals surface area (Å²) in [7, 11) is 0. The lowest BCUT2D eigenvalue weighted by Crippen LogP contribution is -2.20. The highest BCUT2D eigenvalue weighted by Gasteiger charge is 2.29. The minimum Gasteiger partial charge on any atom is -0.313 e. The molecular formula is C16H25N. The van der Waals surface area contributed by atoms with E-state index >= 15 is 0 Å². The highest BCUT2D eigenvalue weighted by Crippen LogP contribution is 2.32. The van der Waals surface area contributed by atoms with Crippen LogP contribution in [0.3, 0.4) is 0 Å². The normalized spacial score (nSPS) is 26.3. The predicted octanol–water partition coefficient (Wildman–Crippen LogP) is 3.81. The third kappa shape index (κ3) is 3.44. The van der Waals surface area contributed by atoms with Crippen molar-refractivity contribution >= 4 is 0 Å². The van der Waals surface area contributed by atoms with Gasteiger partial charge in [0.15, 0.2) is 0 Å². The van der Waals surface area contributed by atoms with E-state index in [1.807, 2.05) is 6.07 Å². The van der Waals surface area contributed by atoms with Gasteiger partial charge in [-0.3, -0.25) is 0 Å². The number of hydrogen-bond donors (Lipinski definition) is 1. The van der Waals surface area contributed by atoms with Gasteiger partial charge < -0.3 is 5.32 Å². The molecule has 1 unspecified atom stereocenters. The second-order valence-electron chi connectivity index (χ2n) is 5.07. The van der Waals surface area contributed by atoms with Crippen LogP contribution in [0.5, 0.6) is 0 Å². The van der Waals surface area contributed by atoms with Gasteiger partial charge in [0, 0.05) is 14.0 Å². The van der Waals surface area contributed by atoms with Gasteiger partial charge in [0.1, 0.15) is 0 Å². The van der Waals surface area contributed by atoms with Crippen LogP contribution in [0.15, 0.2) is 42.5 Å². The van der Waals surface area contributed by atoms with Crippen molar-refractivity contribution in [2.45, 2.75) is 38.6 Å². The monoisotopic (exact) mass is 231 g/mol. The number of nitrogens with one attached hydrogen (secondary N) is 1. The highest BCUT2D eigenvalue weighted by molar-refractivity contribution is 5.13. The van der Waals surface area contributed by atoms with Crippen molar-refractivity contribution < 1.29 is 1.43 Å². The SMILES string of the molecule is C=C1CCC2C[C@H]1CN2.CCc1ccccc1.[HH]. The molecule has 1 heteroatoms. The van der Waals surface area contributed by atoms with E-state index in [-0.39, 0.29) is 1.43 Å². The molecule has 1 N–H and O–H groups in total. The summed E-state index contributed by atoms with van der Waals surface area (Å²) in [5.41, 5.74) is 2.89. The second-order valence-corrected chi connectivity index (χ2v) is 5.07. The quantitative estimate of drug-likeness (QED) is 0.725. The Morgan fingerprint density at radius 3 is 2.71 bits per heavy atom. The Morgan fingerprint density at radius 1 is 1.35 bits per heavy atom. The maximum absolute atomic E-state index is 4.05. The van der Waals surface area contributed by atoms with Gasteiger partial charge in [-0.15, -0.1) is 0 Å². The molecule has 2 aliphatic rings. The van der Waals surface area contributed by atoms with Crippen LogP contribution >= 0.6 is 0 Å². The highest BCUT2D eigenvalue weighted by atomic mass is 15.0. The molecule has 94 valence electrons. The van der Waals surface area contributed by atoms with Gasteiger partial charge in [-0.05, 0) is 37.2 Å². The Balaban J connectivity index is 0.000000172. The maximum atomic E-state index is 4.05. The van der Waals surface area contributed by atoms with Crippen molar-refractivity contribution in [3.63, 3.8) is 0 Å². The van der Waals surface area contributed by atoms with Crippen molar-refractivity contribution in [2.24, 2.45) is 5.92 Å². The van der Waals surface area contributed by atoms with E-state index in [4.69, 9.17) is 0 Å². The fourth-order valence-corrected chi connectivity index (χ4v) is 2.63. The topological polar surface area (TPSA) is 12.0 Å². The van der Waals surface area contributed by atoms with Crippen molar-refractivity contribution in [2.75, 3.05) is 6.54 Å². The molecule has 1 nitrogen and oxygen atoms in total. The molecular weight excluding hydrogens is 206 g/mol. The third-order valence-electron chi connectivity index (χ3n) is 3.86. The Morgan fingerprint density at radius 2 is 2.12 bits per heavy atom. The average Bonchev–Trinajstić information content (AvgIpc) is 2.80. The first kappa shape index (κ1) is 12.4. The first-order chi connectivity index (χ1) is 8.29. The Kier molecular flexibility index (Phi) is 4.38. The standard InChI is InChI=1S/C8H13N.C8H10.H2/c1-6-2-3-8-4-7(6)5-9-8;1-2-8-6-4-3-5-7-8;/h7-9H,1-5H2;3-7H,2H2,1H3;1H/t7-,8?;;/m0../s1. The van der Waals surface area contributed by atoms with Gasteiger partial charge in [0.25, 0.3) is 0 Å². The number of benzene rings is 1. The lowest BCUT2D eigenvalue weighted by molar-refractivity contribution is 0.495. The summed E-state index contributed by atoms with van der Waals surface area (Å²) >= 11 is 0. The van der Waals surface area contributed by atoms with Crippen molar-refractivity contribution in [1.82, 2.24) is 5.32 Å². The summed E-state index contributed by atoms with van der Waals surface area (Å²) in [4.78, 5) is 0. The lowest BCUT2D eigenvalue weighted by atomic mass is 9.87. The first-order valence-corrected chi connectivity index (χ1v) is 6.74. The second kappa shape index (κ2) is 6.02. The summed E-state index contributed by atoms with van der Waals surface area (Å²) < 4.78 is 0. The number of fused-ring (bicyclic) bond motifs is 2. The largest absolute Gasteiger partial charge is 0.313 e. The molecule has 17 heavy (non-hydrogen) atoms. The van der Waals surface area contributed by atoms with Crippen LogP contribution in [0.1, 0.15) is 33.2 Å². The molecule has 2 fully saturated rings. The average molecular weight is 231 g/mol. The minimum atomic E-state index is 0. The van der Waals surface area contributed by atoms with Gasteiger partial charge in [0.05, 0.1) is 0 Å². The van der Waals surface area contributed by atoms with Gasteiger partial charge in [0.2, 0.25) is 0 Å². The summed E-state index contributed by atoms with van der Waals surface area (Å²) in [5, 5.41) is 3.49. The van der Waals surface area contributed by atoms with Crippen molar-refractivity contribution in [1.29, 1.82) is 0 Å². The zero-order valence-corrected chi connectivity index (χ0v) is 10.8. The molecule has 2 bridgehead atoms. The Bertz CT molecular complexity index is 361. The number of aryl methyl sites for hydroxylation is 1. The molecule has 3 rings (SSSR count). The fourth-order valence-electron chi connectivity index (χ4n) is 2.63. The summed E-state index contributed by atoms with van der Waals surface area (Å²) in [6, 6.07) is 11.3. The summed E-state index contributed by atoms with van der Waals surface area (Å²) in [6.07, 6.45) is 5.09. The molecule has 1 aromatic rings. The summed E-state index contributed by atoms with van der Waals surface area (Å²) in [6.45, 7) is 7.41.